The van der Waals surface area contributed by atoms with E-state index in [1.165, 1.54) is 9.79 Å². The molecule has 2 nitrogen and oxygen atoms in total. The van der Waals surface area contributed by atoms with Gasteiger partial charge in [0.2, 0.25) is 0 Å². The van der Waals surface area contributed by atoms with Crippen LogP contribution in [0, 0.1) is 10.8 Å². The van der Waals surface area contributed by atoms with Crippen LogP contribution in [0.5, 0.6) is 11.5 Å². The maximum atomic E-state index is 5.82. The van der Waals surface area contributed by atoms with Crippen molar-refractivity contribution in [1.82, 2.24) is 0 Å². The average molecular weight is 359 g/mol. The zero-order valence-corrected chi connectivity index (χ0v) is 17.1. The molecule has 0 aliphatic heterocycles. The summed E-state index contributed by atoms with van der Waals surface area (Å²) >= 11 is 1.74. The van der Waals surface area contributed by atoms with Crippen LogP contribution in [0.4, 0.5) is 0 Å². The summed E-state index contributed by atoms with van der Waals surface area (Å²) in [4.78, 5) is 2.40. The lowest BCUT2D eigenvalue weighted by Gasteiger charge is -2.19. The Hall–Kier alpha value is -1.61. The molecule has 0 saturated heterocycles. The van der Waals surface area contributed by atoms with E-state index in [0.717, 1.165) is 24.7 Å². The van der Waals surface area contributed by atoms with E-state index in [0.29, 0.717) is 0 Å². The standard InChI is InChI=1S/C22H30O2S/c1-21(2,3)15-23-17-7-11-19(12-8-17)25-20-13-9-18(10-14-20)24-16-22(4,5)6/h7-14H,15-16H2,1-6H3. The van der Waals surface area contributed by atoms with Crippen LogP contribution in [0.1, 0.15) is 41.5 Å². The van der Waals surface area contributed by atoms with Crippen molar-refractivity contribution >= 4 is 11.8 Å². The Balaban J connectivity index is 1.89. The third-order valence-corrected chi connectivity index (χ3v) is 4.24. The number of ether oxygens (including phenoxy) is 2. The van der Waals surface area contributed by atoms with Crippen LogP contribution in [0.25, 0.3) is 0 Å². The normalized spacial score (nSPS) is 12.1. The highest BCUT2D eigenvalue weighted by Gasteiger charge is 2.12. The van der Waals surface area contributed by atoms with Crippen LogP contribution < -0.4 is 9.47 Å². The number of benzene rings is 2. The predicted octanol–water partition coefficient (Wildman–Crippen LogP) is 6.69. The Morgan fingerprint density at radius 3 is 1.20 bits per heavy atom. The Morgan fingerprint density at radius 1 is 0.600 bits per heavy atom. The molecule has 0 aliphatic carbocycles. The summed E-state index contributed by atoms with van der Waals surface area (Å²) in [5.41, 5.74) is 0.342. The highest BCUT2D eigenvalue weighted by molar-refractivity contribution is 7.99. The van der Waals surface area contributed by atoms with E-state index in [1.807, 2.05) is 24.3 Å². The van der Waals surface area contributed by atoms with Gasteiger partial charge >= 0.3 is 0 Å². The largest absolute Gasteiger partial charge is 0.493 e. The van der Waals surface area contributed by atoms with Crippen LogP contribution in [0.3, 0.4) is 0 Å². The summed E-state index contributed by atoms with van der Waals surface area (Å²) in [6.07, 6.45) is 0. The zero-order valence-electron chi connectivity index (χ0n) is 16.3. The number of hydrogen-bond donors (Lipinski definition) is 0. The topological polar surface area (TPSA) is 18.5 Å². The summed E-state index contributed by atoms with van der Waals surface area (Å²) in [5.74, 6) is 1.84. The van der Waals surface area contributed by atoms with Gasteiger partial charge in [-0.25, -0.2) is 0 Å². The molecule has 2 aromatic carbocycles. The van der Waals surface area contributed by atoms with Gasteiger partial charge in [0.1, 0.15) is 11.5 Å². The van der Waals surface area contributed by atoms with Crippen LogP contribution in [0.2, 0.25) is 0 Å². The van der Waals surface area contributed by atoms with Crippen molar-refractivity contribution < 1.29 is 9.47 Å². The minimum absolute atomic E-state index is 0.171. The monoisotopic (exact) mass is 358 g/mol. The molecule has 25 heavy (non-hydrogen) atoms. The summed E-state index contributed by atoms with van der Waals surface area (Å²) in [6.45, 7) is 14.5. The molecule has 0 amide bonds. The van der Waals surface area contributed by atoms with Gasteiger partial charge in [0.25, 0.3) is 0 Å². The van der Waals surface area contributed by atoms with Crippen molar-refractivity contribution in [2.45, 2.75) is 51.3 Å². The molecule has 0 fully saturated rings. The van der Waals surface area contributed by atoms with Gasteiger partial charge in [-0.05, 0) is 59.4 Å². The van der Waals surface area contributed by atoms with Crippen LogP contribution in [-0.2, 0) is 0 Å². The second-order valence-electron chi connectivity index (χ2n) is 8.74. The number of rotatable bonds is 6. The van der Waals surface area contributed by atoms with Gasteiger partial charge in [0, 0.05) is 9.79 Å². The van der Waals surface area contributed by atoms with Crippen molar-refractivity contribution in [3.63, 3.8) is 0 Å². The SMILES string of the molecule is CC(C)(C)COc1ccc(Sc2ccc(OCC(C)(C)C)cc2)cc1. The Kier molecular flexibility index (Phi) is 6.45. The fourth-order valence-corrected chi connectivity index (χ4v) is 2.76. The quantitative estimate of drug-likeness (QED) is 0.573. The molecule has 0 spiro atoms. The highest BCUT2D eigenvalue weighted by Crippen LogP contribution is 2.31. The van der Waals surface area contributed by atoms with E-state index in [4.69, 9.17) is 9.47 Å². The maximum absolute atomic E-state index is 5.82. The summed E-state index contributed by atoms with van der Waals surface area (Å²) in [5, 5.41) is 0. The molecular formula is C22H30O2S. The van der Waals surface area contributed by atoms with E-state index in [-0.39, 0.29) is 10.8 Å². The highest BCUT2D eigenvalue weighted by atomic mass is 32.2. The van der Waals surface area contributed by atoms with E-state index in [2.05, 4.69) is 65.8 Å². The van der Waals surface area contributed by atoms with Crippen molar-refractivity contribution in [1.29, 1.82) is 0 Å². The molecular weight excluding hydrogens is 328 g/mol. The first-order chi connectivity index (χ1) is 11.6. The third-order valence-electron chi connectivity index (χ3n) is 3.23. The lowest BCUT2D eigenvalue weighted by Crippen LogP contribution is -2.16. The molecule has 0 aliphatic rings. The zero-order chi connectivity index (χ0) is 18.5. The predicted molar refractivity (Wildman–Crippen MR) is 107 cm³/mol. The van der Waals surface area contributed by atoms with Gasteiger partial charge in [-0.15, -0.1) is 0 Å². The van der Waals surface area contributed by atoms with Gasteiger partial charge in [0.15, 0.2) is 0 Å². The summed E-state index contributed by atoms with van der Waals surface area (Å²) in [7, 11) is 0. The van der Waals surface area contributed by atoms with Crippen molar-refractivity contribution in [3.05, 3.63) is 48.5 Å². The molecule has 0 heterocycles. The Bertz CT molecular complexity index is 587. The van der Waals surface area contributed by atoms with Gasteiger partial charge in [0.05, 0.1) is 13.2 Å². The third kappa shape index (κ3) is 7.87. The van der Waals surface area contributed by atoms with Gasteiger partial charge in [-0.1, -0.05) is 53.3 Å². The molecule has 0 bridgehead atoms. The fraction of sp³-hybridized carbons (Fsp3) is 0.455. The van der Waals surface area contributed by atoms with E-state index >= 15 is 0 Å². The minimum atomic E-state index is 0.171. The second kappa shape index (κ2) is 8.18. The second-order valence-corrected chi connectivity index (χ2v) is 9.89. The first-order valence-corrected chi connectivity index (χ1v) is 9.56. The average Bonchev–Trinajstić information content (AvgIpc) is 2.52. The Morgan fingerprint density at radius 2 is 0.920 bits per heavy atom. The van der Waals surface area contributed by atoms with Crippen LogP contribution in [0.15, 0.2) is 58.3 Å². The molecule has 0 radical (unpaired) electrons. The first kappa shape index (κ1) is 19.7. The van der Waals surface area contributed by atoms with E-state index < -0.39 is 0 Å². The molecule has 0 unspecified atom stereocenters. The molecule has 0 atom stereocenters. The molecule has 2 aromatic rings. The van der Waals surface area contributed by atoms with E-state index in [1.54, 1.807) is 11.8 Å². The molecule has 0 N–H and O–H groups in total. The van der Waals surface area contributed by atoms with Crippen molar-refractivity contribution in [3.8, 4) is 11.5 Å². The van der Waals surface area contributed by atoms with Gasteiger partial charge < -0.3 is 9.47 Å². The summed E-state index contributed by atoms with van der Waals surface area (Å²) < 4.78 is 11.6. The summed E-state index contributed by atoms with van der Waals surface area (Å²) in [6, 6.07) is 16.6. The molecule has 0 aromatic heterocycles. The van der Waals surface area contributed by atoms with Crippen LogP contribution in [-0.4, -0.2) is 13.2 Å². The smallest absolute Gasteiger partial charge is 0.119 e. The molecule has 0 saturated carbocycles. The van der Waals surface area contributed by atoms with E-state index in [9.17, 15) is 0 Å². The number of hydrogen-bond acceptors (Lipinski definition) is 3. The Labute approximate surface area is 156 Å². The fourth-order valence-electron chi connectivity index (χ4n) is 1.94. The first-order valence-electron chi connectivity index (χ1n) is 8.74. The molecule has 2 rings (SSSR count). The van der Waals surface area contributed by atoms with Crippen molar-refractivity contribution in [2.24, 2.45) is 10.8 Å². The van der Waals surface area contributed by atoms with Gasteiger partial charge in [-0.3, -0.25) is 0 Å². The molecule has 136 valence electrons. The minimum Gasteiger partial charge on any atom is -0.493 e. The van der Waals surface area contributed by atoms with Crippen molar-refractivity contribution in [2.75, 3.05) is 13.2 Å². The van der Waals surface area contributed by atoms with Gasteiger partial charge in [-0.2, -0.15) is 0 Å². The maximum Gasteiger partial charge on any atom is 0.119 e. The van der Waals surface area contributed by atoms with Crippen LogP contribution >= 0.6 is 11.8 Å². The molecule has 3 heteroatoms. The lowest BCUT2D eigenvalue weighted by atomic mass is 9.99. The lowest BCUT2D eigenvalue weighted by molar-refractivity contribution is 0.198.